The molecular weight excluding hydrogens is 433 g/mol. The van der Waals surface area contributed by atoms with Gasteiger partial charge in [0.25, 0.3) is 0 Å². The summed E-state index contributed by atoms with van der Waals surface area (Å²) in [5, 5.41) is 5.16. The molecule has 0 saturated carbocycles. The molecule has 0 aliphatic heterocycles. The number of aryl methyl sites for hydroxylation is 1. The number of aromatic nitrogens is 2. The lowest BCUT2D eigenvalue weighted by molar-refractivity contribution is 0.284. The maximum atomic E-state index is 6.45. The second kappa shape index (κ2) is 10.7. The Morgan fingerprint density at radius 1 is 1.03 bits per heavy atom. The molecule has 0 unspecified atom stereocenters. The number of halogens is 3. The molecule has 29 heavy (non-hydrogen) atoms. The van der Waals surface area contributed by atoms with Crippen LogP contribution < -0.4 is 14.8 Å². The summed E-state index contributed by atoms with van der Waals surface area (Å²) in [4.78, 5) is 4.04. The Bertz CT molecular complexity index is 933. The molecular formula is C21H22Cl3N3O2. The van der Waals surface area contributed by atoms with Crippen LogP contribution in [0.1, 0.15) is 17.5 Å². The summed E-state index contributed by atoms with van der Waals surface area (Å²) >= 11 is 18.6. The number of hydrogen-bond donors (Lipinski definition) is 1. The first-order valence-corrected chi connectivity index (χ1v) is 10.3. The van der Waals surface area contributed by atoms with Crippen molar-refractivity contribution < 1.29 is 9.47 Å². The zero-order valence-electron chi connectivity index (χ0n) is 16.0. The van der Waals surface area contributed by atoms with E-state index in [-0.39, 0.29) is 6.61 Å². The SMILES string of the molecule is COc1cc(CNCCCn2ccnc2)c(Cl)cc1OCc1ccc(Cl)cc1Cl. The zero-order chi connectivity index (χ0) is 20.6. The third-order valence-electron chi connectivity index (χ3n) is 4.38. The largest absolute Gasteiger partial charge is 0.493 e. The second-order valence-electron chi connectivity index (χ2n) is 6.45. The van der Waals surface area contributed by atoms with Crippen molar-refractivity contribution in [3.63, 3.8) is 0 Å². The molecule has 2 aromatic carbocycles. The molecule has 8 heteroatoms. The average Bonchev–Trinajstić information content (AvgIpc) is 3.22. The number of nitrogens with zero attached hydrogens (tertiary/aromatic N) is 2. The maximum absolute atomic E-state index is 6.45. The maximum Gasteiger partial charge on any atom is 0.163 e. The summed E-state index contributed by atoms with van der Waals surface area (Å²) < 4.78 is 13.4. The lowest BCUT2D eigenvalue weighted by Gasteiger charge is -2.15. The van der Waals surface area contributed by atoms with Crippen molar-refractivity contribution >= 4 is 34.8 Å². The minimum atomic E-state index is 0.286. The Balaban J connectivity index is 1.56. The monoisotopic (exact) mass is 453 g/mol. The molecule has 0 atom stereocenters. The van der Waals surface area contributed by atoms with E-state index in [9.17, 15) is 0 Å². The molecule has 0 amide bonds. The van der Waals surface area contributed by atoms with Crippen molar-refractivity contribution in [2.45, 2.75) is 26.1 Å². The Morgan fingerprint density at radius 2 is 1.86 bits per heavy atom. The Kier molecular flexibility index (Phi) is 8.07. The highest BCUT2D eigenvalue weighted by molar-refractivity contribution is 6.35. The van der Waals surface area contributed by atoms with Crippen LogP contribution in [0.5, 0.6) is 11.5 Å². The van der Waals surface area contributed by atoms with Crippen molar-refractivity contribution in [3.8, 4) is 11.5 Å². The van der Waals surface area contributed by atoms with Gasteiger partial charge in [0.05, 0.1) is 13.4 Å². The van der Waals surface area contributed by atoms with Gasteiger partial charge < -0.3 is 19.4 Å². The third kappa shape index (κ3) is 6.28. The minimum absolute atomic E-state index is 0.286. The highest BCUT2D eigenvalue weighted by Crippen LogP contribution is 2.34. The fourth-order valence-electron chi connectivity index (χ4n) is 2.81. The predicted molar refractivity (Wildman–Crippen MR) is 117 cm³/mol. The number of methoxy groups -OCH3 is 1. The predicted octanol–water partition coefficient (Wildman–Crippen LogP) is 5.61. The van der Waals surface area contributed by atoms with Crippen LogP contribution in [0.2, 0.25) is 15.1 Å². The summed E-state index contributed by atoms with van der Waals surface area (Å²) in [6.45, 7) is 2.71. The van der Waals surface area contributed by atoms with E-state index in [1.54, 1.807) is 31.5 Å². The number of nitrogens with one attached hydrogen (secondary N) is 1. The molecule has 0 spiro atoms. The van der Waals surface area contributed by atoms with E-state index in [1.165, 1.54) is 0 Å². The fraction of sp³-hybridized carbons (Fsp3) is 0.286. The second-order valence-corrected chi connectivity index (χ2v) is 7.70. The van der Waals surface area contributed by atoms with Gasteiger partial charge in [0.2, 0.25) is 0 Å². The summed E-state index contributed by atoms with van der Waals surface area (Å²) in [6.07, 6.45) is 6.55. The number of hydrogen-bond acceptors (Lipinski definition) is 4. The van der Waals surface area contributed by atoms with Crippen molar-refractivity contribution in [1.29, 1.82) is 0 Å². The van der Waals surface area contributed by atoms with E-state index in [1.807, 2.05) is 24.7 Å². The highest BCUT2D eigenvalue weighted by Gasteiger charge is 2.12. The molecule has 1 aromatic heterocycles. The number of rotatable bonds is 10. The first-order valence-electron chi connectivity index (χ1n) is 9.16. The summed E-state index contributed by atoms with van der Waals surface area (Å²) in [6, 6.07) is 8.96. The number of ether oxygens (including phenoxy) is 2. The molecule has 154 valence electrons. The molecule has 0 aliphatic carbocycles. The van der Waals surface area contributed by atoms with Gasteiger partial charge in [-0.3, -0.25) is 0 Å². The summed E-state index contributed by atoms with van der Waals surface area (Å²) in [5.41, 5.74) is 1.78. The topological polar surface area (TPSA) is 48.3 Å². The molecule has 3 aromatic rings. The van der Waals surface area contributed by atoms with Crippen molar-refractivity contribution in [2.24, 2.45) is 0 Å². The smallest absolute Gasteiger partial charge is 0.163 e. The molecule has 5 nitrogen and oxygen atoms in total. The molecule has 1 N–H and O–H groups in total. The molecule has 3 rings (SSSR count). The number of benzene rings is 2. The van der Waals surface area contributed by atoms with Gasteiger partial charge in [-0.1, -0.05) is 40.9 Å². The van der Waals surface area contributed by atoms with E-state index >= 15 is 0 Å². The van der Waals surface area contributed by atoms with E-state index in [2.05, 4.69) is 14.9 Å². The quantitative estimate of drug-likeness (QED) is 0.404. The van der Waals surface area contributed by atoms with Crippen LogP contribution in [0.15, 0.2) is 49.1 Å². The normalized spacial score (nSPS) is 10.9. The van der Waals surface area contributed by atoms with Gasteiger partial charge in [-0.2, -0.15) is 0 Å². The van der Waals surface area contributed by atoms with Crippen LogP contribution in [0.3, 0.4) is 0 Å². The van der Waals surface area contributed by atoms with Gasteiger partial charge in [0.15, 0.2) is 11.5 Å². The highest BCUT2D eigenvalue weighted by atomic mass is 35.5. The lowest BCUT2D eigenvalue weighted by Crippen LogP contribution is -2.16. The lowest BCUT2D eigenvalue weighted by atomic mass is 10.2. The van der Waals surface area contributed by atoms with Crippen LogP contribution in [-0.2, 0) is 19.7 Å². The summed E-state index contributed by atoms with van der Waals surface area (Å²) in [5.74, 6) is 1.18. The summed E-state index contributed by atoms with van der Waals surface area (Å²) in [7, 11) is 1.60. The van der Waals surface area contributed by atoms with Crippen LogP contribution in [0, 0.1) is 0 Å². The van der Waals surface area contributed by atoms with Crippen molar-refractivity contribution in [2.75, 3.05) is 13.7 Å². The number of imidazole rings is 1. The van der Waals surface area contributed by atoms with Crippen LogP contribution in [0.25, 0.3) is 0 Å². The van der Waals surface area contributed by atoms with Crippen LogP contribution in [0.4, 0.5) is 0 Å². The molecule has 0 fully saturated rings. The van der Waals surface area contributed by atoms with Gasteiger partial charge in [-0.15, -0.1) is 0 Å². The van der Waals surface area contributed by atoms with E-state index in [0.29, 0.717) is 33.1 Å². The third-order valence-corrected chi connectivity index (χ3v) is 5.31. The van der Waals surface area contributed by atoms with E-state index in [4.69, 9.17) is 44.3 Å². The van der Waals surface area contributed by atoms with E-state index in [0.717, 1.165) is 30.6 Å². The van der Waals surface area contributed by atoms with Crippen molar-refractivity contribution in [3.05, 3.63) is 75.2 Å². The van der Waals surface area contributed by atoms with Gasteiger partial charge >= 0.3 is 0 Å². The first kappa shape index (κ1) is 21.8. The molecule has 0 aliphatic rings. The van der Waals surface area contributed by atoms with Gasteiger partial charge in [0, 0.05) is 52.2 Å². The average molecular weight is 455 g/mol. The van der Waals surface area contributed by atoms with Crippen LogP contribution in [-0.4, -0.2) is 23.2 Å². The standard InChI is InChI=1S/C21H22Cl3N3O2/c1-28-20-9-16(12-25-5-2-7-27-8-6-26-14-27)19(24)11-21(20)29-13-15-3-4-17(22)10-18(15)23/h3-4,6,8-11,14,25H,2,5,7,12-13H2,1H3. The molecule has 1 heterocycles. The van der Waals surface area contributed by atoms with Gasteiger partial charge in [-0.05, 0) is 36.7 Å². The van der Waals surface area contributed by atoms with E-state index < -0.39 is 0 Å². The first-order chi connectivity index (χ1) is 14.1. The Morgan fingerprint density at radius 3 is 2.59 bits per heavy atom. The fourth-order valence-corrected chi connectivity index (χ4v) is 3.49. The molecule has 0 radical (unpaired) electrons. The van der Waals surface area contributed by atoms with Gasteiger partial charge in [-0.25, -0.2) is 4.98 Å². The zero-order valence-corrected chi connectivity index (χ0v) is 18.3. The Labute approximate surface area is 185 Å². The Hall–Kier alpha value is -1.92. The van der Waals surface area contributed by atoms with Crippen LogP contribution >= 0.6 is 34.8 Å². The van der Waals surface area contributed by atoms with Crippen molar-refractivity contribution in [1.82, 2.24) is 14.9 Å². The molecule has 0 saturated heterocycles. The molecule has 0 bridgehead atoms. The minimum Gasteiger partial charge on any atom is -0.493 e. The van der Waals surface area contributed by atoms with Gasteiger partial charge in [0.1, 0.15) is 6.61 Å².